The number of anilines is 1. The van der Waals surface area contributed by atoms with Crippen LogP contribution in [0.15, 0.2) is 35.0 Å². The van der Waals surface area contributed by atoms with Gasteiger partial charge >= 0.3 is 0 Å². The monoisotopic (exact) mass is 390 g/mol. The number of benzene rings is 1. The highest BCUT2D eigenvalue weighted by Crippen LogP contribution is 2.22. The summed E-state index contributed by atoms with van der Waals surface area (Å²) in [6.07, 6.45) is 2.92. The number of fused-ring (bicyclic) bond motifs is 1. The Bertz CT molecular complexity index is 1170. The molecule has 29 heavy (non-hydrogen) atoms. The molecule has 1 aromatic carbocycles. The first-order valence-electron chi connectivity index (χ1n) is 9.43. The summed E-state index contributed by atoms with van der Waals surface area (Å²) >= 11 is 0. The van der Waals surface area contributed by atoms with E-state index in [0.717, 1.165) is 45.4 Å². The molecular weight excluding hydrogens is 368 g/mol. The van der Waals surface area contributed by atoms with Crippen molar-refractivity contribution >= 4 is 17.4 Å². The second-order valence-electron chi connectivity index (χ2n) is 7.10. The van der Waals surface area contributed by atoms with Gasteiger partial charge in [-0.2, -0.15) is 5.10 Å². The Kier molecular flexibility index (Phi) is 4.84. The minimum atomic E-state index is -0.0492. The van der Waals surface area contributed by atoms with Crippen LogP contribution in [0, 0.1) is 27.7 Å². The van der Waals surface area contributed by atoms with Gasteiger partial charge in [0.15, 0.2) is 0 Å². The first-order chi connectivity index (χ1) is 13.9. The number of nitrogens with one attached hydrogen (secondary N) is 1. The zero-order valence-electron chi connectivity index (χ0n) is 16.9. The van der Waals surface area contributed by atoms with Crippen LogP contribution in [0.1, 0.15) is 34.8 Å². The van der Waals surface area contributed by atoms with Crippen LogP contribution in [-0.4, -0.2) is 30.6 Å². The topological polar surface area (TPSA) is 98.2 Å². The average molecular weight is 390 g/mol. The molecule has 148 valence electrons. The molecule has 4 aromatic rings. The highest BCUT2D eigenvalue weighted by atomic mass is 16.5. The minimum absolute atomic E-state index is 0.0492. The van der Waals surface area contributed by atoms with Gasteiger partial charge in [-0.15, -0.1) is 5.10 Å². The minimum Gasteiger partial charge on any atom is -0.361 e. The molecule has 8 heteroatoms. The van der Waals surface area contributed by atoms with Crippen LogP contribution in [0.25, 0.3) is 17.0 Å². The second-order valence-corrected chi connectivity index (χ2v) is 7.10. The van der Waals surface area contributed by atoms with Gasteiger partial charge in [0.2, 0.25) is 5.91 Å². The van der Waals surface area contributed by atoms with E-state index in [1.165, 1.54) is 0 Å². The van der Waals surface area contributed by atoms with E-state index in [1.807, 2.05) is 62.6 Å². The van der Waals surface area contributed by atoms with E-state index in [9.17, 15) is 4.79 Å². The number of nitrogens with zero attached hydrogens (tertiary/aromatic N) is 5. The lowest BCUT2D eigenvalue weighted by Gasteiger charge is -2.06. The van der Waals surface area contributed by atoms with E-state index >= 15 is 0 Å². The number of imidazole rings is 1. The Balaban J connectivity index is 1.44. The molecular formula is C21H22N6O2. The lowest BCUT2D eigenvalue weighted by molar-refractivity contribution is -0.116. The number of carbonyl (C=O) groups is 1. The van der Waals surface area contributed by atoms with Gasteiger partial charge < -0.3 is 9.84 Å². The van der Waals surface area contributed by atoms with E-state index < -0.39 is 0 Å². The molecule has 0 aliphatic carbocycles. The lowest BCUT2D eigenvalue weighted by atomic mass is 10.1. The van der Waals surface area contributed by atoms with Gasteiger partial charge in [-0.25, -0.2) is 4.98 Å². The number of hydrogen-bond acceptors (Lipinski definition) is 6. The summed E-state index contributed by atoms with van der Waals surface area (Å²) in [4.78, 5) is 16.8. The van der Waals surface area contributed by atoms with Crippen LogP contribution in [0.4, 0.5) is 5.69 Å². The van der Waals surface area contributed by atoms with E-state index in [-0.39, 0.29) is 5.91 Å². The first kappa shape index (κ1) is 18.8. The van der Waals surface area contributed by atoms with Crippen molar-refractivity contribution in [2.45, 2.75) is 40.5 Å². The number of carbonyl (C=O) groups excluding carboxylic acids is 1. The fraction of sp³-hybridized carbons (Fsp3) is 0.286. The summed E-state index contributed by atoms with van der Waals surface area (Å²) < 4.78 is 7.07. The molecule has 0 radical (unpaired) electrons. The van der Waals surface area contributed by atoms with Gasteiger partial charge in [0.25, 0.3) is 5.78 Å². The molecule has 1 N–H and O–H groups in total. The summed E-state index contributed by atoms with van der Waals surface area (Å²) in [5.41, 5.74) is 6.21. The van der Waals surface area contributed by atoms with Crippen molar-refractivity contribution in [2.24, 2.45) is 0 Å². The predicted molar refractivity (Wildman–Crippen MR) is 109 cm³/mol. The van der Waals surface area contributed by atoms with Crippen LogP contribution in [0.2, 0.25) is 0 Å². The molecule has 0 fully saturated rings. The highest BCUT2D eigenvalue weighted by molar-refractivity contribution is 5.91. The molecule has 3 heterocycles. The molecule has 0 saturated carbocycles. The Morgan fingerprint density at radius 2 is 1.83 bits per heavy atom. The first-order valence-corrected chi connectivity index (χ1v) is 9.43. The van der Waals surface area contributed by atoms with Crippen LogP contribution < -0.4 is 5.32 Å². The van der Waals surface area contributed by atoms with Crippen LogP contribution >= 0.6 is 0 Å². The summed E-state index contributed by atoms with van der Waals surface area (Å²) in [7, 11) is 0. The number of rotatable bonds is 5. The third kappa shape index (κ3) is 3.73. The molecule has 0 aliphatic heterocycles. The largest absolute Gasteiger partial charge is 0.361 e. The smallest absolute Gasteiger partial charge is 0.254 e. The number of amides is 1. The van der Waals surface area contributed by atoms with Gasteiger partial charge in [-0.3, -0.25) is 9.20 Å². The van der Waals surface area contributed by atoms with Crippen LogP contribution in [0.5, 0.6) is 0 Å². The molecule has 4 rings (SSSR count). The SMILES string of the molecule is Cc1noc(C)c1CCC(=O)Nc1ccc(-c2cn3c(C)c(C)nnc3n2)cc1. The summed E-state index contributed by atoms with van der Waals surface area (Å²) in [5.74, 6) is 1.29. The Morgan fingerprint density at radius 3 is 2.52 bits per heavy atom. The molecule has 0 unspecified atom stereocenters. The van der Waals surface area contributed by atoms with Crippen molar-refractivity contribution in [3.63, 3.8) is 0 Å². The molecule has 0 atom stereocenters. The van der Waals surface area contributed by atoms with E-state index in [1.54, 1.807) is 0 Å². The quantitative estimate of drug-likeness (QED) is 0.559. The summed E-state index contributed by atoms with van der Waals surface area (Å²) in [5, 5.41) is 15.1. The van der Waals surface area contributed by atoms with Crippen LogP contribution in [0.3, 0.4) is 0 Å². The van der Waals surface area contributed by atoms with Crippen molar-refractivity contribution in [1.82, 2.24) is 24.7 Å². The maximum Gasteiger partial charge on any atom is 0.254 e. The van der Waals surface area contributed by atoms with Crippen molar-refractivity contribution in [3.05, 3.63) is 58.9 Å². The van der Waals surface area contributed by atoms with Gasteiger partial charge in [-0.05, 0) is 46.2 Å². The second kappa shape index (κ2) is 7.46. The zero-order chi connectivity index (χ0) is 20.5. The van der Waals surface area contributed by atoms with Crippen molar-refractivity contribution in [2.75, 3.05) is 5.32 Å². The fourth-order valence-corrected chi connectivity index (χ4v) is 3.24. The van der Waals surface area contributed by atoms with Gasteiger partial charge in [-0.1, -0.05) is 17.3 Å². The maximum atomic E-state index is 12.3. The lowest BCUT2D eigenvalue weighted by Crippen LogP contribution is -2.12. The van der Waals surface area contributed by atoms with Crippen molar-refractivity contribution in [3.8, 4) is 11.3 Å². The number of aromatic nitrogens is 5. The fourth-order valence-electron chi connectivity index (χ4n) is 3.24. The standard InChI is InChI=1S/C21H22N6O2/c1-12-14(3)27-11-19(23-21(27)25-24-12)16-5-7-17(8-6-16)22-20(28)10-9-18-13(2)26-29-15(18)4/h5-8,11H,9-10H2,1-4H3,(H,22,28). The number of hydrogen-bond donors (Lipinski definition) is 1. The highest BCUT2D eigenvalue weighted by Gasteiger charge is 2.12. The van der Waals surface area contributed by atoms with Crippen molar-refractivity contribution < 1.29 is 9.32 Å². The molecule has 0 saturated heterocycles. The van der Waals surface area contributed by atoms with E-state index in [0.29, 0.717) is 18.6 Å². The Hall–Kier alpha value is -3.55. The maximum absolute atomic E-state index is 12.3. The molecule has 8 nitrogen and oxygen atoms in total. The van der Waals surface area contributed by atoms with Gasteiger partial charge in [0.1, 0.15) is 5.76 Å². The molecule has 1 amide bonds. The van der Waals surface area contributed by atoms with Crippen LogP contribution in [-0.2, 0) is 11.2 Å². The predicted octanol–water partition coefficient (Wildman–Crippen LogP) is 3.58. The molecule has 0 spiro atoms. The molecule has 0 aliphatic rings. The molecule has 3 aromatic heterocycles. The Labute approximate surface area is 168 Å². The number of aryl methyl sites for hydroxylation is 4. The van der Waals surface area contributed by atoms with Gasteiger partial charge in [0.05, 0.1) is 17.1 Å². The van der Waals surface area contributed by atoms with Crippen molar-refractivity contribution in [1.29, 1.82) is 0 Å². The van der Waals surface area contributed by atoms with Gasteiger partial charge in [0, 0.05) is 35.1 Å². The summed E-state index contributed by atoms with van der Waals surface area (Å²) in [6.45, 7) is 7.66. The normalized spacial score (nSPS) is 11.2. The third-order valence-corrected chi connectivity index (χ3v) is 5.11. The Morgan fingerprint density at radius 1 is 1.07 bits per heavy atom. The summed E-state index contributed by atoms with van der Waals surface area (Å²) in [6, 6.07) is 7.61. The zero-order valence-corrected chi connectivity index (χ0v) is 16.9. The van der Waals surface area contributed by atoms with E-state index in [4.69, 9.17) is 4.52 Å². The molecule has 0 bridgehead atoms. The van der Waals surface area contributed by atoms with E-state index in [2.05, 4.69) is 25.7 Å². The third-order valence-electron chi connectivity index (χ3n) is 5.11. The average Bonchev–Trinajstić information content (AvgIpc) is 3.28.